The van der Waals surface area contributed by atoms with Gasteiger partial charge >= 0.3 is 0 Å². The Hall–Kier alpha value is -1.61. The summed E-state index contributed by atoms with van der Waals surface area (Å²) in [6, 6.07) is 18.1. The van der Waals surface area contributed by atoms with Gasteiger partial charge in [0.05, 0.1) is 6.42 Å². The molecule has 0 radical (unpaired) electrons. The Bertz CT molecular complexity index is 551. The van der Waals surface area contributed by atoms with E-state index >= 15 is 0 Å². The van der Waals surface area contributed by atoms with E-state index in [1.54, 1.807) is 0 Å². The highest BCUT2D eigenvalue weighted by molar-refractivity contribution is 9.10. The molecule has 0 bridgehead atoms. The lowest BCUT2D eigenvalue weighted by Crippen LogP contribution is -2.28. The van der Waals surface area contributed by atoms with Crippen molar-refractivity contribution in [1.82, 2.24) is 5.32 Å². The number of carbonyl (C=O) groups is 1. The van der Waals surface area contributed by atoms with Gasteiger partial charge in [0.1, 0.15) is 0 Å². The van der Waals surface area contributed by atoms with Crippen LogP contribution in [0.15, 0.2) is 59.1 Å². The normalized spacial score (nSPS) is 11.9. The molecule has 0 aliphatic heterocycles. The third-order valence-electron chi connectivity index (χ3n) is 3.25. The van der Waals surface area contributed by atoms with Crippen molar-refractivity contribution in [3.8, 4) is 0 Å². The minimum Gasteiger partial charge on any atom is -0.355 e. The predicted octanol–water partition coefficient (Wildman–Crippen LogP) is 3.91. The summed E-state index contributed by atoms with van der Waals surface area (Å²) in [5, 5.41) is 2.99. The molecule has 104 valence electrons. The lowest BCUT2D eigenvalue weighted by Gasteiger charge is -2.13. The third kappa shape index (κ3) is 4.49. The number of nitrogens with one attached hydrogen (secondary N) is 1. The number of hydrogen-bond donors (Lipinski definition) is 1. The monoisotopic (exact) mass is 331 g/mol. The molecule has 0 unspecified atom stereocenters. The van der Waals surface area contributed by atoms with Crippen LogP contribution < -0.4 is 5.32 Å². The Kier molecular flexibility index (Phi) is 5.36. The summed E-state index contributed by atoms with van der Waals surface area (Å²) >= 11 is 3.39. The van der Waals surface area contributed by atoms with E-state index in [1.807, 2.05) is 42.5 Å². The van der Waals surface area contributed by atoms with Crippen LogP contribution in [0, 0.1) is 0 Å². The summed E-state index contributed by atoms with van der Waals surface area (Å²) in [6.07, 6.45) is 0.425. The molecule has 0 aliphatic carbocycles. The molecule has 0 saturated heterocycles. The van der Waals surface area contributed by atoms with Gasteiger partial charge < -0.3 is 5.32 Å². The highest BCUT2D eigenvalue weighted by Gasteiger charge is 2.08. The molecule has 2 rings (SSSR count). The standard InChI is InChI=1S/C17H18BrNO/c1-13(15-5-3-2-4-6-15)12-19-17(20)11-14-7-9-16(18)10-8-14/h2-10,13H,11-12H2,1H3,(H,19,20)/t13-/m1/s1. The van der Waals surface area contributed by atoms with E-state index in [0.717, 1.165) is 10.0 Å². The first-order chi connectivity index (χ1) is 9.65. The van der Waals surface area contributed by atoms with Crippen molar-refractivity contribution < 1.29 is 4.79 Å². The van der Waals surface area contributed by atoms with Crippen LogP contribution in [0.4, 0.5) is 0 Å². The maximum atomic E-state index is 11.9. The highest BCUT2D eigenvalue weighted by Crippen LogP contribution is 2.13. The minimum atomic E-state index is 0.0649. The first-order valence-electron chi connectivity index (χ1n) is 6.71. The molecular weight excluding hydrogens is 314 g/mol. The fourth-order valence-corrected chi connectivity index (χ4v) is 2.28. The van der Waals surface area contributed by atoms with Gasteiger partial charge in [-0.25, -0.2) is 0 Å². The van der Waals surface area contributed by atoms with Gasteiger partial charge in [0.15, 0.2) is 0 Å². The Morgan fingerprint density at radius 1 is 1.10 bits per heavy atom. The zero-order chi connectivity index (χ0) is 14.4. The van der Waals surface area contributed by atoms with E-state index in [9.17, 15) is 4.79 Å². The van der Waals surface area contributed by atoms with Crippen molar-refractivity contribution >= 4 is 21.8 Å². The molecule has 1 N–H and O–H groups in total. The molecule has 0 aromatic heterocycles. The van der Waals surface area contributed by atoms with E-state index in [-0.39, 0.29) is 5.91 Å². The molecule has 3 heteroatoms. The molecule has 20 heavy (non-hydrogen) atoms. The fourth-order valence-electron chi connectivity index (χ4n) is 2.02. The quantitative estimate of drug-likeness (QED) is 0.884. The second-order valence-electron chi connectivity index (χ2n) is 4.92. The lowest BCUT2D eigenvalue weighted by atomic mass is 10.0. The molecule has 2 aromatic rings. The molecule has 0 aliphatic rings. The number of carbonyl (C=O) groups excluding carboxylic acids is 1. The van der Waals surface area contributed by atoms with Crippen molar-refractivity contribution in [2.45, 2.75) is 19.3 Å². The minimum absolute atomic E-state index is 0.0649. The molecule has 0 heterocycles. The van der Waals surface area contributed by atoms with Crippen LogP contribution >= 0.6 is 15.9 Å². The number of halogens is 1. The summed E-state index contributed by atoms with van der Waals surface area (Å²) < 4.78 is 1.03. The van der Waals surface area contributed by atoms with E-state index in [0.29, 0.717) is 18.9 Å². The van der Waals surface area contributed by atoms with E-state index in [4.69, 9.17) is 0 Å². The fraction of sp³-hybridized carbons (Fsp3) is 0.235. The first-order valence-corrected chi connectivity index (χ1v) is 7.50. The smallest absolute Gasteiger partial charge is 0.224 e. The van der Waals surface area contributed by atoms with Crippen molar-refractivity contribution in [1.29, 1.82) is 0 Å². The lowest BCUT2D eigenvalue weighted by molar-refractivity contribution is -0.120. The Morgan fingerprint density at radius 2 is 1.75 bits per heavy atom. The van der Waals surface area contributed by atoms with Crippen LogP contribution in [0.5, 0.6) is 0 Å². The van der Waals surface area contributed by atoms with Gasteiger partial charge in [-0.3, -0.25) is 4.79 Å². The topological polar surface area (TPSA) is 29.1 Å². The zero-order valence-corrected chi connectivity index (χ0v) is 13.1. The molecule has 0 spiro atoms. The van der Waals surface area contributed by atoms with Crippen LogP contribution in [0.2, 0.25) is 0 Å². The Labute approximate surface area is 128 Å². The maximum absolute atomic E-state index is 11.9. The van der Waals surface area contributed by atoms with Crippen LogP contribution in [-0.4, -0.2) is 12.5 Å². The first kappa shape index (κ1) is 14.8. The SMILES string of the molecule is C[C@H](CNC(=O)Cc1ccc(Br)cc1)c1ccccc1. The number of rotatable bonds is 5. The van der Waals surface area contributed by atoms with E-state index < -0.39 is 0 Å². The molecular formula is C17H18BrNO. The van der Waals surface area contributed by atoms with Crippen molar-refractivity contribution in [2.24, 2.45) is 0 Å². The average Bonchev–Trinajstić information content (AvgIpc) is 2.48. The second-order valence-corrected chi connectivity index (χ2v) is 5.83. The molecule has 1 amide bonds. The van der Waals surface area contributed by atoms with Gasteiger partial charge in [-0.15, -0.1) is 0 Å². The Morgan fingerprint density at radius 3 is 2.40 bits per heavy atom. The molecule has 0 saturated carbocycles. The summed E-state index contributed by atoms with van der Waals surface area (Å²) in [6.45, 7) is 2.79. The van der Waals surface area contributed by atoms with Gasteiger partial charge in [0, 0.05) is 11.0 Å². The average molecular weight is 332 g/mol. The van der Waals surface area contributed by atoms with E-state index in [2.05, 4.69) is 40.3 Å². The highest BCUT2D eigenvalue weighted by atomic mass is 79.9. The maximum Gasteiger partial charge on any atom is 0.224 e. The summed E-state index contributed by atoms with van der Waals surface area (Å²) in [7, 11) is 0. The van der Waals surface area contributed by atoms with Crippen molar-refractivity contribution in [3.63, 3.8) is 0 Å². The number of amides is 1. The largest absolute Gasteiger partial charge is 0.355 e. The van der Waals surface area contributed by atoms with Gasteiger partial charge in [0.25, 0.3) is 0 Å². The van der Waals surface area contributed by atoms with Gasteiger partial charge in [-0.1, -0.05) is 65.3 Å². The number of hydrogen-bond acceptors (Lipinski definition) is 1. The van der Waals surface area contributed by atoms with Crippen LogP contribution in [0.1, 0.15) is 24.0 Å². The van der Waals surface area contributed by atoms with Gasteiger partial charge in [-0.2, -0.15) is 0 Å². The van der Waals surface area contributed by atoms with Crippen LogP contribution in [-0.2, 0) is 11.2 Å². The van der Waals surface area contributed by atoms with Crippen LogP contribution in [0.3, 0.4) is 0 Å². The Balaban J connectivity index is 1.82. The van der Waals surface area contributed by atoms with Crippen LogP contribution in [0.25, 0.3) is 0 Å². The van der Waals surface area contributed by atoms with E-state index in [1.165, 1.54) is 5.56 Å². The molecule has 2 nitrogen and oxygen atoms in total. The second kappa shape index (κ2) is 7.25. The molecule has 1 atom stereocenters. The van der Waals surface area contributed by atoms with Gasteiger partial charge in [-0.05, 0) is 29.2 Å². The zero-order valence-electron chi connectivity index (χ0n) is 11.5. The number of benzene rings is 2. The van der Waals surface area contributed by atoms with Gasteiger partial charge in [0.2, 0.25) is 5.91 Å². The summed E-state index contributed by atoms with van der Waals surface area (Å²) in [4.78, 5) is 11.9. The molecule has 0 fully saturated rings. The summed E-state index contributed by atoms with van der Waals surface area (Å²) in [5.74, 6) is 0.389. The van der Waals surface area contributed by atoms with Crippen molar-refractivity contribution in [2.75, 3.05) is 6.54 Å². The van der Waals surface area contributed by atoms with Crippen molar-refractivity contribution in [3.05, 3.63) is 70.2 Å². The third-order valence-corrected chi connectivity index (χ3v) is 3.78. The summed E-state index contributed by atoms with van der Waals surface area (Å²) in [5.41, 5.74) is 2.27. The molecule has 2 aromatic carbocycles. The predicted molar refractivity (Wildman–Crippen MR) is 85.7 cm³/mol.